The van der Waals surface area contributed by atoms with Gasteiger partial charge in [-0.15, -0.1) is 0 Å². The van der Waals surface area contributed by atoms with Crippen molar-refractivity contribution in [3.8, 4) is 0 Å². The predicted octanol–water partition coefficient (Wildman–Crippen LogP) is 3.23. The van der Waals surface area contributed by atoms with Crippen molar-refractivity contribution in [2.45, 2.75) is 141 Å². The predicted molar refractivity (Wildman–Crippen MR) is 190 cm³/mol. The van der Waals surface area contributed by atoms with E-state index < -0.39 is 87.1 Å². The minimum atomic E-state index is -4.75. The van der Waals surface area contributed by atoms with Gasteiger partial charge in [-0.25, -0.2) is 13.2 Å². The summed E-state index contributed by atoms with van der Waals surface area (Å²) in [6.07, 6.45) is 2.23. The number of amides is 5. The van der Waals surface area contributed by atoms with Gasteiger partial charge in [0.05, 0.1) is 17.3 Å². The van der Waals surface area contributed by atoms with Crippen LogP contribution < -0.4 is 21.3 Å². The third-order valence-corrected chi connectivity index (χ3v) is 14.0. The quantitative estimate of drug-likeness (QED) is 0.185. The molecule has 53 heavy (non-hydrogen) atoms. The van der Waals surface area contributed by atoms with E-state index >= 15 is 0 Å². The van der Waals surface area contributed by atoms with Crippen molar-refractivity contribution in [1.82, 2.24) is 30.5 Å². The molecular weight excluding hydrogens is 717 g/mol. The summed E-state index contributed by atoms with van der Waals surface area (Å²) < 4.78 is 65.7. The molecule has 1 saturated heterocycles. The van der Waals surface area contributed by atoms with Crippen LogP contribution in [0.1, 0.15) is 105 Å². The molecule has 13 nitrogen and oxygen atoms in total. The average Bonchev–Trinajstić information content (AvgIpc) is 3.99. The highest BCUT2D eigenvalue weighted by molar-refractivity contribution is 7.89. The topological polar surface area (TPSA) is 174 Å². The first-order chi connectivity index (χ1) is 24.4. The van der Waals surface area contributed by atoms with E-state index in [4.69, 9.17) is 0 Å². The standard InChI is InChI=1S/C36H57F3N6O7S/c1-33(2,3)28(42-32(50)43-35(16-8-7-9-17-35)20-53(51,52)44(6)19-36(37,38)39)31(49)45-18-23-25(34(23,4)5)26(45)29(47)41-24(15-12-21-10-11-21)27(46)30(48)40-22-13-14-22/h21-26,28H,7-20H2,1-6H3,(H,40,48)(H,41,47)(H2,42,43,50). The molecule has 300 valence electrons. The summed E-state index contributed by atoms with van der Waals surface area (Å²) in [4.78, 5) is 69.9. The maximum atomic E-state index is 14.5. The number of piperidine rings is 1. The fraction of sp³-hybridized carbons (Fsp3) is 0.861. The fourth-order valence-electron chi connectivity index (χ4n) is 8.36. The molecule has 1 aliphatic heterocycles. The first kappa shape index (κ1) is 41.2. The Morgan fingerprint density at radius 1 is 0.943 bits per heavy atom. The number of halogens is 3. The number of alkyl halides is 3. The molecule has 0 aromatic carbocycles. The Balaban J connectivity index is 1.32. The van der Waals surface area contributed by atoms with Crippen LogP contribution in [-0.2, 0) is 29.2 Å². The van der Waals surface area contributed by atoms with Gasteiger partial charge >= 0.3 is 12.2 Å². The van der Waals surface area contributed by atoms with Gasteiger partial charge in [0.15, 0.2) is 0 Å². The molecule has 0 spiro atoms. The van der Waals surface area contributed by atoms with Crippen molar-refractivity contribution in [3.63, 3.8) is 0 Å². The number of hydrogen-bond donors (Lipinski definition) is 4. The summed E-state index contributed by atoms with van der Waals surface area (Å²) in [6, 6.07) is -4.06. The number of urea groups is 1. The number of likely N-dealkylation sites (tertiary alicyclic amines) is 1. The Hall–Kier alpha value is -2.95. The van der Waals surface area contributed by atoms with E-state index in [1.165, 1.54) is 4.90 Å². The van der Waals surface area contributed by atoms with Crippen LogP contribution in [0.25, 0.3) is 0 Å². The zero-order chi connectivity index (χ0) is 39.3. The molecule has 0 radical (unpaired) electrons. The molecule has 5 fully saturated rings. The second kappa shape index (κ2) is 14.9. The van der Waals surface area contributed by atoms with Crippen LogP contribution in [0.5, 0.6) is 0 Å². The molecule has 0 bridgehead atoms. The maximum absolute atomic E-state index is 14.5. The zero-order valence-electron chi connectivity index (χ0n) is 31.7. The van der Waals surface area contributed by atoms with E-state index in [0.29, 0.717) is 31.6 Å². The van der Waals surface area contributed by atoms with Crippen molar-refractivity contribution in [3.05, 3.63) is 0 Å². The monoisotopic (exact) mass is 774 g/mol. The van der Waals surface area contributed by atoms with E-state index in [2.05, 4.69) is 21.3 Å². The highest BCUT2D eigenvalue weighted by atomic mass is 32.2. The second-order valence-corrected chi connectivity index (χ2v) is 20.0. The van der Waals surface area contributed by atoms with Crippen LogP contribution in [0.3, 0.4) is 0 Å². The molecule has 1 heterocycles. The number of ketones is 1. The maximum Gasteiger partial charge on any atom is 0.402 e. The first-order valence-corrected chi connectivity index (χ1v) is 20.6. The lowest BCUT2D eigenvalue weighted by Gasteiger charge is -2.41. The lowest BCUT2D eigenvalue weighted by atomic mass is 9.83. The second-order valence-electron chi connectivity index (χ2n) is 17.9. The summed E-state index contributed by atoms with van der Waals surface area (Å²) in [7, 11) is -3.58. The SMILES string of the molecule is CN(CC(F)(F)F)S(=O)(=O)CC1(NC(=O)NC(C(=O)N2CC3C(C2C(=O)NC(CCC2CC2)C(=O)C(=O)NC2CC2)C3(C)C)C(C)(C)C)CCCCC1. The van der Waals surface area contributed by atoms with Crippen LogP contribution >= 0.6 is 0 Å². The van der Waals surface area contributed by atoms with Gasteiger partial charge in [-0.1, -0.05) is 66.7 Å². The van der Waals surface area contributed by atoms with E-state index in [9.17, 15) is 45.6 Å². The highest BCUT2D eigenvalue weighted by Gasteiger charge is 2.70. The third kappa shape index (κ3) is 10.0. The highest BCUT2D eigenvalue weighted by Crippen LogP contribution is 2.65. The van der Waals surface area contributed by atoms with E-state index in [1.54, 1.807) is 20.8 Å². The number of Topliss-reactive ketones (excluding diaryl/α,β-unsaturated/α-hetero) is 1. The van der Waals surface area contributed by atoms with Gasteiger partial charge < -0.3 is 26.2 Å². The fourth-order valence-corrected chi connectivity index (χ4v) is 9.98. The first-order valence-electron chi connectivity index (χ1n) is 19.0. The molecule has 17 heteroatoms. The number of rotatable bonds is 15. The van der Waals surface area contributed by atoms with Gasteiger partial charge in [0.1, 0.15) is 18.6 Å². The smallest absolute Gasteiger partial charge is 0.347 e. The normalized spacial score (nSPS) is 26.2. The van der Waals surface area contributed by atoms with Crippen LogP contribution in [0.15, 0.2) is 0 Å². The Labute approximate surface area is 310 Å². The summed E-state index contributed by atoms with van der Waals surface area (Å²) in [6.45, 7) is 7.82. The van der Waals surface area contributed by atoms with Crippen molar-refractivity contribution in [2.24, 2.45) is 28.6 Å². The van der Waals surface area contributed by atoms with Crippen LogP contribution in [0, 0.1) is 28.6 Å². The number of carbonyl (C=O) groups excluding carboxylic acids is 5. The van der Waals surface area contributed by atoms with Gasteiger partial charge in [-0.05, 0) is 67.1 Å². The molecule has 4 aliphatic carbocycles. The van der Waals surface area contributed by atoms with E-state index in [-0.39, 0.29) is 47.0 Å². The number of sulfonamides is 1. The minimum Gasteiger partial charge on any atom is -0.347 e. The largest absolute Gasteiger partial charge is 0.402 e. The summed E-state index contributed by atoms with van der Waals surface area (Å²) in [5.74, 6) is -3.01. The number of hydrogen-bond acceptors (Lipinski definition) is 7. The Morgan fingerprint density at radius 3 is 2.11 bits per heavy atom. The number of nitrogens with one attached hydrogen (secondary N) is 4. The van der Waals surface area contributed by atoms with Crippen LogP contribution in [-0.4, -0.2) is 109 Å². The van der Waals surface area contributed by atoms with E-state index in [1.807, 2.05) is 13.8 Å². The van der Waals surface area contributed by atoms with Crippen molar-refractivity contribution >= 4 is 39.6 Å². The summed E-state index contributed by atoms with van der Waals surface area (Å²) in [5.41, 5.74) is -2.52. The van der Waals surface area contributed by atoms with Gasteiger partial charge in [-0.3, -0.25) is 19.2 Å². The molecule has 4 N–H and O–H groups in total. The van der Waals surface area contributed by atoms with Crippen LogP contribution in [0.2, 0.25) is 0 Å². The molecule has 5 amide bonds. The molecule has 0 aromatic rings. The Morgan fingerprint density at radius 2 is 1.57 bits per heavy atom. The van der Waals surface area contributed by atoms with Crippen molar-refractivity contribution in [2.75, 3.05) is 25.9 Å². The lowest BCUT2D eigenvalue weighted by molar-refractivity contribution is -0.145. The molecule has 5 atom stereocenters. The molecule has 4 saturated carbocycles. The van der Waals surface area contributed by atoms with Gasteiger partial charge in [0.2, 0.25) is 27.6 Å². The van der Waals surface area contributed by atoms with Gasteiger partial charge in [0.25, 0.3) is 5.91 Å². The molecule has 0 aromatic heterocycles. The van der Waals surface area contributed by atoms with Crippen molar-refractivity contribution in [1.29, 1.82) is 0 Å². The van der Waals surface area contributed by atoms with Gasteiger partial charge in [0, 0.05) is 19.6 Å². The van der Waals surface area contributed by atoms with Crippen molar-refractivity contribution < 1.29 is 45.6 Å². The Bertz CT molecular complexity index is 1550. The number of nitrogens with zero attached hydrogens (tertiary/aromatic N) is 2. The third-order valence-electron chi connectivity index (χ3n) is 12.0. The minimum absolute atomic E-state index is 0.0140. The zero-order valence-corrected chi connectivity index (χ0v) is 32.6. The molecule has 5 aliphatic rings. The average molecular weight is 775 g/mol. The van der Waals surface area contributed by atoms with E-state index in [0.717, 1.165) is 39.2 Å². The number of carbonyl (C=O) groups is 5. The summed E-state index contributed by atoms with van der Waals surface area (Å²) in [5, 5.41) is 11.0. The Kier molecular flexibility index (Phi) is 11.6. The molecule has 5 rings (SSSR count). The summed E-state index contributed by atoms with van der Waals surface area (Å²) >= 11 is 0. The molecular formula is C36H57F3N6O7S. The lowest BCUT2D eigenvalue weighted by Crippen LogP contribution is -2.64. The van der Waals surface area contributed by atoms with Gasteiger partial charge in [-0.2, -0.15) is 17.5 Å². The molecule has 5 unspecified atom stereocenters. The number of fused-ring (bicyclic) bond motifs is 1. The van der Waals surface area contributed by atoms with Crippen LogP contribution in [0.4, 0.5) is 18.0 Å².